The second kappa shape index (κ2) is 6.63. The van der Waals surface area contributed by atoms with E-state index in [0.29, 0.717) is 32.7 Å². The van der Waals surface area contributed by atoms with Crippen molar-refractivity contribution in [2.45, 2.75) is 26.4 Å². The molecule has 1 aromatic carbocycles. The Bertz CT molecular complexity index is 962. The van der Waals surface area contributed by atoms with Crippen molar-refractivity contribution >= 4 is 23.2 Å². The van der Waals surface area contributed by atoms with Crippen LogP contribution in [0.3, 0.4) is 0 Å². The minimum Gasteiger partial charge on any atom is -0.483 e. The maximum atomic E-state index is 12.5. The quantitative estimate of drug-likeness (QED) is 0.661. The zero-order valence-corrected chi connectivity index (χ0v) is 15.4. The summed E-state index contributed by atoms with van der Waals surface area (Å²) in [4.78, 5) is 24.1. The number of hydrogen-bond acceptors (Lipinski definition) is 4. The highest BCUT2D eigenvalue weighted by Gasteiger charge is 2.37. The maximum absolute atomic E-state index is 12.5. The predicted molar refractivity (Wildman–Crippen MR) is 98.4 cm³/mol. The van der Waals surface area contributed by atoms with Crippen LogP contribution in [0.15, 0.2) is 53.0 Å². The van der Waals surface area contributed by atoms with Crippen LogP contribution in [0.25, 0.3) is 5.70 Å². The number of carbonyl (C=O) groups excluding carboxylic acids is 1. The van der Waals surface area contributed by atoms with E-state index in [9.17, 15) is 14.8 Å². The van der Waals surface area contributed by atoms with Gasteiger partial charge in [0, 0.05) is 35.3 Å². The van der Waals surface area contributed by atoms with E-state index in [2.05, 4.69) is 0 Å². The Morgan fingerprint density at radius 2 is 2.04 bits per heavy atom. The number of carbonyl (C=O) groups is 1. The van der Waals surface area contributed by atoms with Gasteiger partial charge in [0.15, 0.2) is 0 Å². The van der Waals surface area contributed by atoms with Crippen molar-refractivity contribution in [3.63, 3.8) is 0 Å². The number of hydrogen-bond donors (Lipinski definition) is 1. The second-order valence-electron chi connectivity index (χ2n) is 6.57. The van der Waals surface area contributed by atoms with E-state index in [4.69, 9.17) is 16.3 Å². The molecular weight excluding hydrogens is 356 g/mol. The molecule has 3 rings (SSSR count). The smallest absolute Gasteiger partial charge is 0.255 e. The largest absolute Gasteiger partial charge is 0.483 e. The molecule has 0 fully saturated rings. The number of amides is 1. The Hall–Kier alpha value is -2.57. The molecule has 1 aliphatic rings. The molecule has 2 heterocycles. The number of aromatic nitrogens is 1. The summed E-state index contributed by atoms with van der Waals surface area (Å²) in [6.45, 7) is 4.80. The molecule has 136 valence electrons. The highest BCUT2D eigenvalue weighted by atomic mass is 35.5. The summed E-state index contributed by atoms with van der Waals surface area (Å²) in [6, 6.07) is 9.98. The van der Waals surface area contributed by atoms with Crippen molar-refractivity contribution in [3.8, 4) is 5.75 Å². The lowest BCUT2D eigenvalue weighted by Gasteiger charge is -2.38. The number of rotatable bonds is 3. The van der Waals surface area contributed by atoms with Crippen LogP contribution in [-0.2, 0) is 4.79 Å². The molecule has 1 aromatic heterocycles. The van der Waals surface area contributed by atoms with Crippen LogP contribution in [0.2, 0.25) is 5.02 Å². The van der Waals surface area contributed by atoms with Gasteiger partial charge in [0.05, 0.1) is 12.2 Å². The predicted octanol–water partition coefficient (Wildman–Crippen LogP) is 3.17. The van der Waals surface area contributed by atoms with E-state index in [1.54, 1.807) is 36.5 Å². The average Bonchev–Trinajstić information content (AvgIpc) is 2.56. The summed E-state index contributed by atoms with van der Waals surface area (Å²) in [5.41, 5.74) is 0.651. The summed E-state index contributed by atoms with van der Waals surface area (Å²) >= 11 is 6.16. The third-order valence-electron chi connectivity index (χ3n) is 4.31. The molecule has 0 spiro atoms. The van der Waals surface area contributed by atoms with E-state index in [1.807, 2.05) is 13.8 Å². The van der Waals surface area contributed by atoms with Crippen molar-refractivity contribution < 1.29 is 14.7 Å². The summed E-state index contributed by atoms with van der Waals surface area (Å²) in [5.74, 6) is 0.0613. The van der Waals surface area contributed by atoms with E-state index in [0.717, 1.165) is 0 Å². The Balaban J connectivity index is 2.35. The molecule has 0 aliphatic carbocycles. The van der Waals surface area contributed by atoms with Crippen molar-refractivity contribution in [1.82, 2.24) is 9.63 Å². The van der Waals surface area contributed by atoms with Gasteiger partial charge in [-0.15, -0.1) is 0 Å². The standard InChI is InChI=1S/C19H19ClN2O4/c1-12(23)22(25)11-15-18(21-9-5-4-6-17(21)24)14-10-13(20)7-8-16(14)26-19(15,2)3/h4-10,25H,11H2,1-3H3. The van der Waals surface area contributed by atoms with Crippen molar-refractivity contribution in [2.24, 2.45) is 0 Å². The molecule has 26 heavy (non-hydrogen) atoms. The Labute approximate surface area is 155 Å². The topological polar surface area (TPSA) is 71.8 Å². The summed E-state index contributed by atoms with van der Waals surface area (Å²) in [7, 11) is 0. The van der Waals surface area contributed by atoms with Gasteiger partial charge >= 0.3 is 0 Å². The van der Waals surface area contributed by atoms with Crippen molar-refractivity contribution in [3.05, 3.63) is 69.1 Å². The third-order valence-corrected chi connectivity index (χ3v) is 4.54. The Morgan fingerprint density at radius 3 is 2.69 bits per heavy atom. The van der Waals surface area contributed by atoms with Gasteiger partial charge in [-0.05, 0) is 38.1 Å². The van der Waals surface area contributed by atoms with Crippen LogP contribution < -0.4 is 10.3 Å². The minimum absolute atomic E-state index is 0.106. The molecule has 0 atom stereocenters. The molecular formula is C19H19ClN2O4. The molecule has 0 bridgehead atoms. The summed E-state index contributed by atoms with van der Waals surface area (Å²) < 4.78 is 7.55. The van der Waals surface area contributed by atoms with Crippen LogP contribution in [0.1, 0.15) is 26.3 Å². The highest BCUT2D eigenvalue weighted by molar-refractivity contribution is 6.30. The molecule has 0 saturated carbocycles. The van der Waals surface area contributed by atoms with Crippen LogP contribution >= 0.6 is 11.6 Å². The molecule has 6 nitrogen and oxygen atoms in total. The van der Waals surface area contributed by atoms with Crippen molar-refractivity contribution in [1.29, 1.82) is 0 Å². The monoisotopic (exact) mass is 374 g/mol. The number of fused-ring (bicyclic) bond motifs is 1. The number of nitrogens with zero attached hydrogens (tertiary/aromatic N) is 2. The number of ether oxygens (including phenoxy) is 1. The van der Waals surface area contributed by atoms with Gasteiger partial charge in [-0.25, -0.2) is 5.06 Å². The van der Waals surface area contributed by atoms with Gasteiger partial charge in [-0.1, -0.05) is 17.7 Å². The Kier molecular flexibility index (Phi) is 4.64. The van der Waals surface area contributed by atoms with Gasteiger partial charge in [0.1, 0.15) is 11.4 Å². The third kappa shape index (κ3) is 3.25. The first-order chi connectivity index (χ1) is 12.2. The zero-order valence-electron chi connectivity index (χ0n) is 14.7. The van der Waals surface area contributed by atoms with Gasteiger partial charge in [0.25, 0.3) is 5.56 Å². The number of benzene rings is 1. The van der Waals surface area contributed by atoms with Crippen LogP contribution in [0.5, 0.6) is 5.75 Å². The fourth-order valence-electron chi connectivity index (χ4n) is 2.97. The number of hydroxylamine groups is 2. The molecule has 1 aliphatic heterocycles. The second-order valence-corrected chi connectivity index (χ2v) is 7.00. The number of halogens is 1. The highest BCUT2D eigenvalue weighted by Crippen LogP contribution is 2.42. The van der Waals surface area contributed by atoms with E-state index >= 15 is 0 Å². The summed E-state index contributed by atoms with van der Waals surface area (Å²) in [6.07, 6.45) is 1.64. The molecule has 0 saturated heterocycles. The van der Waals surface area contributed by atoms with Gasteiger partial charge in [-0.3, -0.25) is 19.4 Å². The van der Waals surface area contributed by atoms with Crippen molar-refractivity contribution in [2.75, 3.05) is 6.54 Å². The minimum atomic E-state index is -0.859. The normalized spacial score (nSPS) is 15.3. The first-order valence-corrected chi connectivity index (χ1v) is 8.46. The lowest BCUT2D eigenvalue weighted by Crippen LogP contribution is -2.42. The lowest BCUT2D eigenvalue weighted by atomic mass is 9.89. The van der Waals surface area contributed by atoms with Crippen LogP contribution in [-0.4, -0.2) is 32.9 Å². The average molecular weight is 375 g/mol. The molecule has 1 amide bonds. The first-order valence-electron chi connectivity index (χ1n) is 8.08. The molecule has 1 N–H and O–H groups in total. The molecule has 0 radical (unpaired) electrons. The van der Waals surface area contributed by atoms with E-state index in [-0.39, 0.29) is 12.1 Å². The Morgan fingerprint density at radius 1 is 1.31 bits per heavy atom. The fraction of sp³-hybridized carbons (Fsp3) is 0.263. The SMILES string of the molecule is CC(=O)N(O)CC1=C(n2ccccc2=O)c2cc(Cl)ccc2OC1(C)C. The van der Waals surface area contributed by atoms with Gasteiger partial charge in [-0.2, -0.15) is 0 Å². The van der Waals surface area contributed by atoms with Gasteiger partial charge in [0.2, 0.25) is 5.91 Å². The molecule has 0 unspecified atom stereocenters. The fourth-order valence-corrected chi connectivity index (χ4v) is 3.15. The van der Waals surface area contributed by atoms with Crippen LogP contribution in [0.4, 0.5) is 0 Å². The summed E-state index contributed by atoms with van der Waals surface area (Å²) in [5, 5.41) is 11.1. The number of pyridine rings is 1. The first kappa shape index (κ1) is 18.2. The lowest BCUT2D eigenvalue weighted by molar-refractivity contribution is -0.161. The zero-order chi connectivity index (χ0) is 19.1. The van der Waals surface area contributed by atoms with Crippen LogP contribution in [0, 0.1) is 0 Å². The van der Waals surface area contributed by atoms with E-state index < -0.39 is 11.5 Å². The molecule has 7 heteroatoms. The van der Waals surface area contributed by atoms with E-state index in [1.165, 1.54) is 17.6 Å². The molecule has 2 aromatic rings. The van der Waals surface area contributed by atoms with Gasteiger partial charge < -0.3 is 4.74 Å². The maximum Gasteiger partial charge on any atom is 0.255 e.